The van der Waals surface area contributed by atoms with E-state index in [0.29, 0.717) is 6.04 Å². The average molecular weight is 208 g/mol. The van der Waals surface area contributed by atoms with Gasteiger partial charge in [-0.3, -0.25) is 0 Å². The molecule has 5 heteroatoms. The molecule has 0 aliphatic carbocycles. The first-order chi connectivity index (χ1) is 6.74. The summed E-state index contributed by atoms with van der Waals surface area (Å²) in [5.74, 6) is 0. The second-order valence-corrected chi connectivity index (χ2v) is 4.10. The first-order valence-electron chi connectivity index (χ1n) is 4.45. The fraction of sp³-hybridized carbons (Fsp3) is 0.444. The molecule has 0 saturated heterocycles. The van der Waals surface area contributed by atoms with E-state index in [9.17, 15) is 0 Å². The average Bonchev–Trinajstić information content (AvgIpc) is 2.60. The molecule has 14 heavy (non-hydrogen) atoms. The predicted molar refractivity (Wildman–Crippen MR) is 57.5 cm³/mol. The Balaban J connectivity index is 2.69. The van der Waals surface area contributed by atoms with Crippen molar-refractivity contribution in [3.8, 4) is 0 Å². The van der Waals surface area contributed by atoms with E-state index >= 15 is 0 Å². The summed E-state index contributed by atoms with van der Waals surface area (Å²) in [6.07, 6.45) is 5.41. The largest absolute Gasteiger partial charge is 0.313 e. The van der Waals surface area contributed by atoms with Crippen LogP contribution in [0.3, 0.4) is 0 Å². The van der Waals surface area contributed by atoms with Crippen molar-refractivity contribution in [3.63, 3.8) is 0 Å². The molecule has 2 heterocycles. The molecule has 0 N–H and O–H groups in total. The van der Waals surface area contributed by atoms with Crippen molar-refractivity contribution in [2.75, 3.05) is 6.26 Å². The van der Waals surface area contributed by atoms with E-state index < -0.39 is 0 Å². The van der Waals surface area contributed by atoms with Gasteiger partial charge < -0.3 is 4.57 Å². The van der Waals surface area contributed by atoms with E-state index in [1.807, 2.05) is 12.6 Å². The molecule has 2 aromatic rings. The number of hydrogen-bond donors (Lipinski definition) is 0. The quantitative estimate of drug-likeness (QED) is 0.560. The second-order valence-electron chi connectivity index (χ2n) is 3.30. The maximum Gasteiger partial charge on any atom is 0.164 e. The number of fused-ring (bicyclic) bond motifs is 1. The van der Waals surface area contributed by atoms with Crippen molar-refractivity contribution in [1.82, 2.24) is 19.5 Å². The molecule has 0 amide bonds. The Labute approximate surface area is 86.8 Å². The Bertz CT molecular complexity index is 449. The molecule has 4 nitrogen and oxygen atoms in total. The summed E-state index contributed by atoms with van der Waals surface area (Å²) < 4.78 is 2.05. The minimum Gasteiger partial charge on any atom is -0.313 e. The van der Waals surface area contributed by atoms with Crippen LogP contribution in [0.25, 0.3) is 11.2 Å². The Morgan fingerprint density at radius 3 is 2.71 bits per heavy atom. The number of thioether (sulfide) groups is 1. The highest BCUT2D eigenvalue weighted by Crippen LogP contribution is 2.22. The van der Waals surface area contributed by atoms with Crippen molar-refractivity contribution in [3.05, 3.63) is 12.7 Å². The standard InChI is InChI=1S/C9H12N4S/c1-6(2)13-5-12-7-8(13)10-4-11-9(7)14-3/h4-6H,1-3H3. The molecule has 2 rings (SSSR count). The van der Waals surface area contributed by atoms with Gasteiger partial charge in [0.05, 0.1) is 6.33 Å². The van der Waals surface area contributed by atoms with Crippen LogP contribution >= 0.6 is 11.8 Å². The molecular formula is C9H12N4S. The van der Waals surface area contributed by atoms with Crippen LogP contribution in [0.4, 0.5) is 0 Å². The summed E-state index contributed by atoms with van der Waals surface area (Å²) in [6, 6.07) is 0.379. The molecule has 0 spiro atoms. The van der Waals surface area contributed by atoms with E-state index in [2.05, 4.69) is 33.4 Å². The summed E-state index contributed by atoms with van der Waals surface area (Å²) in [4.78, 5) is 12.7. The first kappa shape index (κ1) is 9.45. The van der Waals surface area contributed by atoms with Gasteiger partial charge in [-0.1, -0.05) is 0 Å². The molecule has 0 radical (unpaired) electrons. The lowest BCUT2D eigenvalue weighted by molar-refractivity contribution is 0.612. The molecule has 0 bridgehead atoms. The van der Waals surface area contributed by atoms with Crippen LogP contribution in [0.15, 0.2) is 17.7 Å². The van der Waals surface area contributed by atoms with Crippen LogP contribution in [0.1, 0.15) is 19.9 Å². The smallest absolute Gasteiger partial charge is 0.164 e. The fourth-order valence-electron chi connectivity index (χ4n) is 1.36. The van der Waals surface area contributed by atoms with Gasteiger partial charge in [-0.15, -0.1) is 11.8 Å². The van der Waals surface area contributed by atoms with Gasteiger partial charge in [-0.25, -0.2) is 15.0 Å². The normalized spacial score (nSPS) is 11.4. The zero-order valence-electron chi connectivity index (χ0n) is 8.43. The topological polar surface area (TPSA) is 43.6 Å². The third kappa shape index (κ3) is 1.37. The summed E-state index contributed by atoms with van der Waals surface area (Å²) in [5, 5.41) is 0.939. The highest BCUT2D eigenvalue weighted by Gasteiger charge is 2.10. The summed E-state index contributed by atoms with van der Waals surface area (Å²) in [5.41, 5.74) is 1.81. The predicted octanol–water partition coefficient (Wildman–Crippen LogP) is 2.13. The van der Waals surface area contributed by atoms with Crippen LogP contribution in [-0.2, 0) is 0 Å². The molecule has 0 atom stereocenters. The zero-order valence-corrected chi connectivity index (χ0v) is 9.25. The van der Waals surface area contributed by atoms with Crippen molar-refractivity contribution >= 4 is 22.9 Å². The summed E-state index contributed by atoms with van der Waals surface area (Å²) in [6.45, 7) is 4.23. The van der Waals surface area contributed by atoms with E-state index in [4.69, 9.17) is 0 Å². The van der Waals surface area contributed by atoms with Gasteiger partial charge in [-0.05, 0) is 20.1 Å². The number of aromatic nitrogens is 4. The summed E-state index contributed by atoms with van der Waals surface area (Å²) >= 11 is 1.60. The third-order valence-corrected chi connectivity index (χ3v) is 2.76. The van der Waals surface area contributed by atoms with Gasteiger partial charge in [0.25, 0.3) is 0 Å². The van der Waals surface area contributed by atoms with Gasteiger partial charge >= 0.3 is 0 Å². The van der Waals surface area contributed by atoms with E-state index in [0.717, 1.165) is 16.2 Å². The summed E-state index contributed by atoms with van der Waals surface area (Å²) in [7, 11) is 0. The first-order valence-corrected chi connectivity index (χ1v) is 5.68. The third-order valence-electron chi connectivity index (χ3n) is 2.07. The molecule has 0 saturated carbocycles. The van der Waals surface area contributed by atoms with Gasteiger partial charge in [0.1, 0.15) is 16.9 Å². The molecule has 0 aromatic carbocycles. The lowest BCUT2D eigenvalue weighted by atomic mass is 10.4. The maximum atomic E-state index is 4.33. The molecule has 0 fully saturated rings. The Morgan fingerprint density at radius 2 is 2.07 bits per heavy atom. The molecular weight excluding hydrogens is 196 g/mol. The van der Waals surface area contributed by atoms with Crippen LogP contribution in [-0.4, -0.2) is 25.8 Å². The Kier molecular flexibility index (Phi) is 2.41. The SMILES string of the molecule is CSc1ncnc2c1ncn2C(C)C. The molecule has 0 aliphatic heterocycles. The molecule has 0 unspecified atom stereocenters. The van der Waals surface area contributed by atoms with Gasteiger partial charge in [-0.2, -0.15) is 0 Å². The Hall–Kier alpha value is -1.10. The number of hydrogen-bond acceptors (Lipinski definition) is 4. The number of imidazole rings is 1. The van der Waals surface area contributed by atoms with E-state index in [1.54, 1.807) is 18.1 Å². The Morgan fingerprint density at radius 1 is 1.29 bits per heavy atom. The lowest BCUT2D eigenvalue weighted by Gasteiger charge is -2.06. The van der Waals surface area contributed by atoms with Crippen molar-refractivity contribution in [2.24, 2.45) is 0 Å². The highest BCUT2D eigenvalue weighted by molar-refractivity contribution is 7.98. The number of nitrogens with zero attached hydrogens (tertiary/aromatic N) is 4. The highest BCUT2D eigenvalue weighted by atomic mass is 32.2. The van der Waals surface area contributed by atoms with Crippen LogP contribution in [0.2, 0.25) is 0 Å². The fourth-order valence-corrected chi connectivity index (χ4v) is 1.85. The molecule has 2 aromatic heterocycles. The minimum absolute atomic E-state index is 0.379. The molecule has 74 valence electrons. The van der Waals surface area contributed by atoms with Gasteiger partial charge in [0.15, 0.2) is 5.65 Å². The van der Waals surface area contributed by atoms with E-state index in [1.165, 1.54) is 0 Å². The van der Waals surface area contributed by atoms with E-state index in [-0.39, 0.29) is 0 Å². The van der Waals surface area contributed by atoms with Gasteiger partial charge in [0.2, 0.25) is 0 Å². The van der Waals surface area contributed by atoms with Crippen molar-refractivity contribution < 1.29 is 0 Å². The lowest BCUT2D eigenvalue weighted by Crippen LogP contribution is -1.99. The van der Waals surface area contributed by atoms with Crippen LogP contribution in [0, 0.1) is 0 Å². The zero-order chi connectivity index (χ0) is 10.1. The minimum atomic E-state index is 0.379. The van der Waals surface area contributed by atoms with Gasteiger partial charge in [0, 0.05) is 6.04 Å². The molecule has 0 aliphatic rings. The monoisotopic (exact) mass is 208 g/mol. The van der Waals surface area contributed by atoms with Crippen LogP contribution in [0.5, 0.6) is 0 Å². The van der Waals surface area contributed by atoms with Crippen LogP contribution < -0.4 is 0 Å². The second kappa shape index (κ2) is 3.57. The van der Waals surface area contributed by atoms with Crippen molar-refractivity contribution in [1.29, 1.82) is 0 Å². The van der Waals surface area contributed by atoms with Crippen molar-refractivity contribution in [2.45, 2.75) is 24.9 Å². The maximum absolute atomic E-state index is 4.33. The number of rotatable bonds is 2.